The lowest BCUT2D eigenvalue weighted by molar-refractivity contribution is 0.0716. The van der Waals surface area contributed by atoms with Gasteiger partial charge in [0.05, 0.1) is 0 Å². The number of amides is 1. The minimum Gasteiger partial charge on any atom is -0.337 e. The lowest BCUT2D eigenvalue weighted by atomic mass is 9.90. The average Bonchev–Trinajstić information content (AvgIpc) is 2.87. The quantitative estimate of drug-likeness (QED) is 0.820. The van der Waals surface area contributed by atoms with E-state index in [2.05, 4.69) is 16.9 Å². The number of hydrogen-bond acceptors (Lipinski definition) is 3. The highest BCUT2D eigenvalue weighted by Gasteiger charge is 2.32. The molecule has 1 saturated heterocycles. The first kappa shape index (κ1) is 19.0. The summed E-state index contributed by atoms with van der Waals surface area (Å²) < 4.78 is 2.09. The number of fused-ring (bicyclic) bond motifs is 1. The van der Waals surface area contributed by atoms with Gasteiger partial charge in [-0.25, -0.2) is 0 Å². The van der Waals surface area contributed by atoms with E-state index in [-0.39, 0.29) is 5.91 Å². The maximum absolute atomic E-state index is 13.2. The van der Waals surface area contributed by atoms with E-state index < -0.39 is 0 Å². The molecule has 0 aromatic carbocycles. The largest absolute Gasteiger partial charge is 0.337 e. The standard InChI is InChI=1S/C22H36N4O/c1-2-26-20-13-12-18(23-17-10-6-3-4-7-11-17)16-19(20)21(24-26)22(27)25-14-8-5-9-15-25/h17-18,23H,2-16H2,1H3/t18-/m0/s1. The Morgan fingerprint density at radius 2 is 1.70 bits per heavy atom. The van der Waals surface area contributed by atoms with Gasteiger partial charge in [-0.05, 0) is 58.3 Å². The number of piperidine rings is 1. The molecule has 150 valence electrons. The third-order valence-corrected chi connectivity index (χ3v) is 6.82. The third-order valence-electron chi connectivity index (χ3n) is 6.82. The molecule has 5 heteroatoms. The Kier molecular flexibility index (Phi) is 6.16. The zero-order valence-electron chi connectivity index (χ0n) is 17.0. The van der Waals surface area contributed by atoms with Gasteiger partial charge in [-0.3, -0.25) is 9.48 Å². The average molecular weight is 373 g/mol. The molecule has 1 N–H and O–H groups in total. The number of hydrogen-bond donors (Lipinski definition) is 1. The Bertz CT molecular complexity index is 639. The first-order valence-electron chi connectivity index (χ1n) is 11.4. The summed E-state index contributed by atoms with van der Waals surface area (Å²) in [7, 11) is 0. The van der Waals surface area contributed by atoms with E-state index in [1.807, 2.05) is 4.90 Å². The van der Waals surface area contributed by atoms with Crippen LogP contribution in [0.15, 0.2) is 0 Å². The van der Waals surface area contributed by atoms with E-state index >= 15 is 0 Å². The van der Waals surface area contributed by atoms with Crippen molar-refractivity contribution in [2.75, 3.05) is 13.1 Å². The van der Waals surface area contributed by atoms with Gasteiger partial charge in [0, 0.05) is 43.0 Å². The molecule has 1 aromatic heterocycles. The van der Waals surface area contributed by atoms with Gasteiger partial charge >= 0.3 is 0 Å². The molecule has 1 atom stereocenters. The van der Waals surface area contributed by atoms with Crippen molar-refractivity contribution in [2.24, 2.45) is 0 Å². The number of nitrogens with one attached hydrogen (secondary N) is 1. The van der Waals surface area contributed by atoms with Crippen LogP contribution in [0, 0.1) is 0 Å². The van der Waals surface area contributed by atoms with Crippen LogP contribution >= 0.6 is 0 Å². The van der Waals surface area contributed by atoms with Crippen LogP contribution in [-0.4, -0.2) is 45.8 Å². The number of aromatic nitrogens is 2. The molecule has 5 nitrogen and oxygen atoms in total. The van der Waals surface area contributed by atoms with Gasteiger partial charge in [0.15, 0.2) is 5.69 Å². The Morgan fingerprint density at radius 1 is 1.00 bits per heavy atom. The molecule has 1 amide bonds. The maximum atomic E-state index is 13.2. The second-order valence-corrected chi connectivity index (χ2v) is 8.74. The molecule has 3 aliphatic rings. The van der Waals surface area contributed by atoms with Crippen LogP contribution in [0.1, 0.15) is 92.9 Å². The monoisotopic (exact) mass is 372 g/mol. The number of rotatable bonds is 4. The summed E-state index contributed by atoms with van der Waals surface area (Å²) in [5, 5.41) is 8.73. The molecule has 4 rings (SSSR count). The fourth-order valence-corrected chi connectivity index (χ4v) is 5.29. The van der Waals surface area contributed by atoms with Crippen molar-refractivity contribution in [1.29, 1.82) is 0 Å². The Labute approximate surface area is 163 Å². The molecule has 1 saturated carbocycles. The van der Waals surface area contributed by atoms with E-state index in [0.29, 0.717) is 12.1 Å². The number of aryl methyl sites for hydroxylation is 1. The SMILES string of the molecule is CCn1nc(C(=O)N2CCCCC2)c2c1CC[C@H](NC1CCCCCC1)C2. The second kappa shape index (κ2) is 8.76. The molecule has 0 radical (unpaired) electrons. The van der Waals surface area contributed by atoms with Crippen molar-refractivity contribution >= 4 is 5.91 Å². The molecule has 2 heterocycles. The fraction of sp³-hybridized carbons (Fsp3) is 0.818. The first-order valence-corrected chi connectivity index (χ1v) is 11.4. The molecule has 1 aliphatic heterocycles. The topological polar surface area (TPSA) is 50.2 Å². The zero-order chi connectivity index (χ0) is 18.6. The van der Waals surface area contributed by atoms with E-state index in [1.165, 1.54) is 62.6 Å². The summed E-state index contributed by atoms with van der Waals surface area (Å²) in [5.74, 6) is 0.174. The Balaban J connectivity index is 1.50. The molecule has 0 unspecified atom stereocenters. The molecule has 0 bridgehead atoms. The third kappa shape index (κ3) is 4.23. The smallest absolute Gasteiger partial charge is 0.274 e. The molecule has 1 aromatic rings. The second-order valence-electron chi connectivity index (χ2n) is 8.74. The number of nitrogens with zero attached hydrogens (tertiary/aromatic N) is 3. The van der Waals surface area contributed by atoms with E-state index in [9.17, 15) is 4.79 Å². The number of likely N-dealkylation sites (tertiary alicyclic amines) is 1. The van der Waals surface area contributed by atoms with Gasteiger partial charge < -0.3 is 10.2 Å². The minimum absolute atomic E-state index is 0.174. The summed E-state index contributed by atoms with van der Waals surface area (Å²) >= 11 is 0. The van der Waals surface area contributed by atoms with Gasteiger partial charge in [0.25, 0.3) is 5.91 Å². The fourth-order valence-electron chi connectivity index (χ4n) is 5.29. The van der Waals surface area contributed by atoms with Crippen LogP contribution in [0.25, 0.3) is 0 Å². The molecular weight excluding hydrogens is 336 g/mol. The molecule has 2 fully saturated rings. The normalized spacial score (nSPS) is 24.5. The van der Waals surface area contributed by atoms with Gasteiger partial charge in [0.1, 0.15) is 0 Å². The van der Waals surface area contributed by atoms with Crippen LogP contribution in [0.5, 0.6) is 0 Å². The highest BCUT2D eigenvalue weighted by molar-refractivity contribution is 5.94. The number of carbonyl (C=O) groups excluding carboxylic acids is 1. The molecule has 2 aliphatic carbocycles. The summed E-state index contributed by atoms with van der Waals surface area (Å²) in [6, 6.07) is 1.17. The van der Waals surface area contributed by atoms with Crippen LogP contribution in [0.4, 0.5) is 0 Å². The van der Waals surface area contributed by atoms with Crippen molar-refractivity contribution in [3.05, 3.63) is 17.0 Å². The van der Waals surface area contributed by atoms with E-state index in [1.54, 1.807) is 0 Å². The predicted octanol–water partition coefficient (Wildman–Crippen LogP) is 3.70. The van der Waals surface area contributed by atoms with E-state index in [4.69, 9.17) is 5.10 Å². The predicted molar refractivity (Wildman–Crippen MR) is 108 cm³/mol. The summed E-state index contributed by atoms with van der Waals surface area (Å²) in [6.07, 6.45) is 14.9. The summed E-state index contributed by atoms with van der Waals surface area (Å²) in [4.78, 5) is 15.2. The highest BCUT2D eigenvalue weighted by atomic mass is 16.2. The minimum atomic E-state index is 0.174. The van der Waals surface area contributed by atoms with Crippen molar-refractivity contribution in [3.63, 3.8) is 0 Å². The van der Waals surface area contributed by atoms with Crippen molar-refractivity contribution in [3.8, 4) is 0 Å². The lowest BCUT2D eigenvalue weighted by Gasteiger charge is -2.30. The highest BCUT2D eigenvalue weighted by Crippen LogP contribution is 2.28. The zero-order valence-corrected chi connectivity index (χ0v) is 17.0. The number of carbonyl (C=O) groups is 1. The first-order chi connectivity index (χ1) is 13.3. The van der Waals surface area contributed by atoms with Crippen LogP contribution in [0.3, 0.4) is 0 Å². The van der Waals surface area contributed by atoms with Gasteiger partial charge in [0.2, 0.25) is 0 Å². The Morgan fingerprint density at radius 3 is 2.41 bits per heavy atom. The summed E-state index contributed by atoms with van der Waals surface area (Å²) in [6.45, 7) is 4.79. The molecule has 0 spiro atoms. The van der Waals surface area contributed by atoms with E-state index in [0.717, 1.165) is 51.0 Å². The van der Waals surface area contributed by atoms with Gasteiger partial charge in [-0.1, -0.05) is 25.7 Å². The summed E-state index contributed by atoms with van der Waals surface area (Å²) in [5.41, 5.74) is 3.31. The van der Waals surface area contributed by atoms with Crippen molar-refractivity contribution in [1.82, 2.24) is 20.0 Å². The maximum Gasteiger partial charge on any atom is 0.274 e. The molecular formula is C22H36N4O. The van der Waals surface area contributed by atoms with Crippen molar-refractivity contribution in [2.45, 2.75) is 103 Å². The lowest BCUT2D eigenvalue weighted by Crippen LogP contribution is -2.42. The van der Waals surface area contributed by atoms with Crippen LogP contribution < -0.4 is 5.32 Å². The van der Waals surface area contributed by atoms with Crippen molar-refractivity contribution < 1.29 is 4.79 Å². The van der Waals surface area contributed by atoms with Gasteiger partial charge in [-0.15, -0.1) is 0 Å². The van der Waals surface area contributed by atoms with Gasteiger partial charge in [-0.2, -0.15) is 5.10 Å². The molecule has 27 heavy (non-hydrogen) atoms. The Hall–Kier alpha value is -1.36. The van der Waals surface area contributed by atoms with Crippen LogP contribution in [-0.2, 0) is 19.4 Å². The van der Waals surface area contributed by atoms with Crippen LogP contribution in [0.2, 0.25) is 0 Å².